The molecule has 3 heterocycles. The van der Waals surface area contributed by atoms with Crippen LogP contribution in [0.1, 0.15) is 5.69 Å². The molecule has 0 radical (unpaired) electrons. The number of fused-ring (bicyclic) bond motifs is 1. The molecule has 0 bridgehead atoms. The summed E-state index contributed by atoms with van der Waals surface area (Å²) in [5.74, 6) is 2.44. The molecule has 1 N–H and O–H groups in total. The largest absolute Gasteiger partial charge is 0.493 e. The molecule has 0 unspecified atom stereocenters. The third-order valence-corrected chi connectivity index (χ3v) is 4.96. The van der Waals surface area contributed by atoms with Gasteiger partial charge in [-0.25, -0.2) is 4.98 Å². The molecular weight excluding hydrogens is 374 g/mol. The number of nitrogens with zero attached hydrogens (tertiary/aromatic N) is 4. The molecule has 0 aliphatic carbocycles. The van der Waals surface area contributed by atoms with Crippen LogP contribution < -0.4 is 14.2 Å². The van der Waals surface area contributed by atoms with Gasteiger partial charge >= 0.3 is 0 Å². The molecule has 0 atom stereocenters. The molecule has 0 spiro atoms. The Morgan fingerprint density at radius 1 is 1.14 bits per heavy atom. The molecule has 1 fully saturated rings. The van der Waals surface area contributed by atoms with Gasteiger partial charge in [0.1, 0.15) is 24.8 Å². The molecule has 9 nitrogen and oxygen atoms in total. The quantitative estimate of drug-likeness (QED) is 0.651. The van der Waals surface area contributed by atoms with Gasteiger partial charge in [0.05, 0.1) is 38.5 Å². The van der Waals surface area contributed by atoms with Gasteiger partial charge in [-0.3, -0.25) is 9.47 Å². The Morgan fingerprint density at radius 2 is 1.90 bits per heavy atom. The predicted molar refractivity (Wildman–Crippen MR) is 106 cm³/mol. The number of methoxy groups -OCH3 is 2. The number of hydrogen-bond acceptors (Lipinski definition) is 7. The van der Waals surface area contributed by atoms with E-state index < -0.39 is 0 Å². The van der Waals surface area contributed by atoms with Crippen molar-refractivity contribution in [3.05, 3.63) is 30.2 Å². The Labute approximate surface area is 168 Å². The average molecular weight is 397 g/mol. The van der Waals surface area contributed by atoms with Crippen LogP contribution in [-0.4, -0.2) is 73.1 Å². The molecule has 2 aromatic heterocycles. The van der Waals surface area contributed by atoms with Gasteiger partial charge in [-0.15, -0.1) is 0 Å². The van der Waals surface area contributed by atoms with Gasteiger partial charge < -0.3 is 23.9 Å². The van der Waals surface area contributed by atoms with Gasteiger partial charge in [-0.05, 0) is 0 Å². The first kappa shape index (κ1) is 19.1. The normalized spacial score (nSPS) is 14.7. The summed E-state index contributed by atoms with van der Waals surface area (Å²) in [5.41, 5.74) is 1.96. The van der Waals surface area contributed by atoms with E-state index in [1.54, 1.807) is 20.5 Å². The number of nitrogens with one attached hydrogen (secondary N) is 1. The zero-order valence-corrected chi connectivity index (χ0v) is 16.5. The standard InChI is InChI=1S/C20H23N5O4/c1-26-18-9-14-16(10-19(18)27-2)25(13-22-14)20-11-17(15(12-21)23-20)29-8-5-24-3-6-28-7-4-24/h9-11,13,23H,3-8H2,1-2H3. The minimum absolute atomic E-state index is 0.379. The van der Waals surface area contributed by atoms with Crippen molar-refractivity contribution in [1.29, 1.82) is 5.26 Å². The van der Waals surface area contributed by atoms with Gasteiger partial charge in [0, 0.05) is 37.8 Å². The molecule has 3 aromatic rings. The van der Waals surface area contributed by atoms with Crippen molar-refractivity contribution in [2.45, 2.75) is 0 Å². The SMILES string of the molecule is COc1cc2ncn(-c3cc(OCCN4CCOCC4)c(C#N)[nH]3)c2cc1OC. The van der Waals surface area contributed by atoms with Crippen molar-refractivity contribution < 1.29 is 18.9 Å². The van der Waals surface area contributed by atoms with Gasteiger partial charge in [0.15, 0.2) is 22.9 Å². The fourth-order valence-corrected chi connectivity index (χ4v) is 3.39. The molecule has 9 heteroatoms. The van der Waals surface area contributed by atoms with Gasteiger partial charge in [-0.1, -0.05) is 0 Å². The van der Waals surface area contributed by atoms with Crippen molar-refractivity contribution in [2.24, 2.45) is 0 Å². The number of benzene rings is 1. The van der Waals surface area contributed by atoms with E-state index in [2.05, 4.69) is 20.9 Å². The topological polar surface area (TPSA) is 97.6 Å². The summed E-state index contributed by atoms with van der Waals surface area (Å²) in [7, 11) is 3.18. The van der Waals surface area contributed by atoms with Crippen molar-refractivity contribution in [3.63, 3.8) is 0 Å². The fraction of sp³-hybridized carbons (Fsp3) is 0.400. The van der Waals surface area contributed by atoms with Crippen LogP contribution in [0.4, 0.5) is 0 Å². The van der Waals surface area contributed by atoms with Crippen LogP contribution in [0.15, 0.2) is 24.5 Å². The van der Waals surface area contributed by atoms with E-state index in [9.17, 15) is 5.26 Å². The van der Waals surface area contributed by atoms with Crippen LogP contribution in [0.5, 0.6) is 17.2 Å². The Hall–Kier alpha value is -3.22. The summed E-state index contributed by atoms with van der Waals surface area (Å²) < 4.78 is 23.8. The molecule has 29 heavy (non-hydrogen) atoms. The highest BCUT2D eigenvalue weighted by Gasteiger charge is 2.16. The maximum atomic E-state index is 9.49. The lowest BCUT2D eigenvalue weighted by molar-refractivity contribution is 0.0322. The van der Waals surface area contributed by atoms with Crippen molar-refractivity contribution in [1.82, 2.24) is 19.4 Å². The lowest BCUT2D eigenvalue weighted by atomic mass is 10.2. The molecule has 1 aliphatic rings. The zero-order valence-electron chi connectivity index (χ0n) is 16.5. The van der Waals surface area contributed by atoms with Gasteiger partial charge in [0.2, 0.25) is 0 Å². The van der Waals surface area contributed by atoms with Crippen LogP contribution in [0, 0.1) is 11.3 Å². The Bertz CT molecular complexity index is 1030. The van der Waals surface area contributed by atoms with Gasteiger partial charge in [0.25, 0.3) is 0 Å². The second-order valence-electron chi connectivity index (χ2n) is 6.62. The number of aromatic amines is 1. The molecule has 1 aliphatic heterocycles. The van der Waals surface area contributed by atoms with Gasteiger partial charge in [-0.2, -0.15) is 5.26 Å². The first-order valence-electron chi connectivity index (χ1n) is 9.39. The predicted octanol–water partition coefficient (Wildman–Crippen LogP) is 1.95. The van der Waals surface area contributed by atoms with E-state index in [0.29, 0.717) is 35.4 Å². The number of ether oxygens (including phenoxy) is 4. The van der Waals surface area contributed by atoms with E-state index in [1.165, 1.54) is 0 Å². The number of H-pyrrole nitrogens is 1. The Balaban J connectivity index is 1.56. The summed E-state index contributed by atoms with van der Waals surface area (Å²) in [6.45, 7) is 4.60. The lowest BCUT2D eigenvalue weighted by Gasteiger charge is -2.26. The molecule has 1 saturated heterocycles. The second-order valence-corrected chi connectivity index (χ2v) is 6.62. The fourth-order valence-electron chi connectivity index (χ4n) is 3.39. The third kappa shape index (κ3) is 3.85. The summed E-state index contributed by atoms with van der Waals surface area (Å²) in [6, 6.07) is 7.65. The molecular formula is C20H23N5O4. The molecule has 1 aromatic carbocycles. The van der Waals surface area contributed by atoms with E-state index in [4.69, 9.17) is 18.9 Å². The minimum atomic E-state index is 0.379. The summed E-state index contributed by atoms with van der Waals surface area (Å²) in [6.07, 6.45) is 1.69. The summed E-state index contributed by atoms with van der Waals surface area (Å²) in [5, 5.41) is 9.49. The van der Waals surface area contributed by atoms with E-state index in [0.717, 1.165) is 43.9 Å². The summed E-state index contributed by atoms with van der Waals surface area (Å²) in [4.78, 5) is 9.83. The number of imidazole rings is 1. The van der Waals surface area contributed by atoms with Crippen molar-refractivity contribution >= 4 is 11.0 Å². The highest BCUT2D eigenvalue weighted by Crippen LogP contribution is 2.33. The Kier molecular flexibility index (Phi) is 5.55. The van der Waals surface area contributed by atoms with E-state index in [1.807, 2.05) is 22.8 Å². The lowest BCUT2D eigenvalue weighted by Crippen LogP contribution is -2.38. The van der Waals surface area contributed by atoms with Crippen LogP contribution in [0.2, 0.25) is 0 Å². The smallest absolute Gasteiger partial charge is 0.163 e. The second kappa shape index (κ2) is 8.43. The van der Waals surface area contributed by atoms with Crippen LogP contribution in [0.25, 0.3) is 16.9 Å². The summed E-state index contributed by atoms with van der Waals surface area (Å²) >= 11 is 0. The van der Waals surface area contributed by atoms with Crippen LogP contribution in [0.3, 0.4) is 0 Å². The first-order chi connectivity index (χ1) is 14.2. The highest BCUT2D eigenvalue weighted by atomic mass is 16.5. The maximum absolute atomic E-state index is 9.49. The molecule has 152 valence electrons. The molecule has 4 rings (SSSR count). The monoisotopic (exact) mass is 397 g/mol. The van der Waals surface area contributed by atoms with Crippen LogP contribution >= 0.6 is 0 Å². The number of morpholine rings is 1. The number of aromatic nitrogens is 3. The number of rotatable bonds is 7. The third-order valence-electron chi connectivity index (χ3n) is 4.96. The molecule has 0 amide bonds. The van der Waals surface area contributed by atoms with E-state index in [-0.39, 0.29) is 0 Å². The highest BCUT2D eigenvalue weighted by molar-refractivity contribution is 5.81. The minimum Gasteiger partial charge on any atom is -0.493 e. The van der Waals surface area contributed by atoms with E-state index >= 15 is 0 Å². The number of hydrogen-bond donors (Lipinski definition) is 1. The maximum Gasteiger partial charge on any atom is 0.163 e. The number of nitriles is 1. The average Bonchev–Trinajstić information content (AvgIpc) is 3.36. The van der Waals surface area contributed by atoms with Crippen LogP contribution in [-0.2, 0) is 4.74 Å². The van der Waals surface area contributed by atoms with Crippen molar-refractivity contribution in [2.75, 3.05) is 53.7 Å². The van der Waals surface area contributed by atoms with Crippen molar-refractivity contribution in [3.8, 4) is 29.1 Å². The molecule has 0 saturated carbocycles. The first-order valence-corrected chi connectivity index (χ1v) is 9.39. The Morgan fingerprint density at radius 3 is 2.62 bits per heavy atom. The zero-order chi connectivity index (χ0) is 20.2.